The molecule has 0 spiro atoms. The molecule has 0 bridgehead atoms. The second-order valence-corrected chi connectivity index (χ2v) is 6.41. The fourth-order valence-corrected chi connectivity index (χ4v) is 3.52. The fourth-order valence-electron chi connectivity index (χ4n) is 3.17. The maximum atomic E-state index is 6.16. The minimum atomic E-state index is 0.123. The van der Waals surface area contributed by atoms with E-state index in [4.69, 9.17) is 5.73 Å². The van der Waals surface area contributed by atoms with Crippen LogP contribution >= 0.6 is 15.9 Å². The quantitative estimate of drug-likeness (QED) is 0.863. The molecular weight excluding hydrogens is 290 g/mol. The molecule has 1 aliphatic rings. The van der Waals surface area contributed by atoms with Gasteiger partial charge in [-0.15, -0.1) is 0 Å². The summed E-state index contributed by atoms with van der Waals surface area (Å²) in [7, 11) is 0. The van der Waals surface area contributed by atoms with Crippen LogP contribution in [0.3, 0.4) is 0 Å². The van der Waals surface area contributed by atoms with Gasteiger partial charge in [0.15, 0.2) is 0 Å². The van der Waals surface area contributed by atoms with Crippen molar-refractivity contribution in [3.05, 3.63) is 22.7 Å². The largest absolute Gasteiger partial charge is 0.369 e. The average molecular weight is 308 g/mol. The van der Waals surface area contributed by atoms with E-state index < -0.39 is 0 Å². The Labute approximate surface area is 116 Å². The predicted octanol–water partition coefficient (Wildman–Crippen LogP) is 4.06. The molecule has 3 rings (SSSR count). The van der Waals surface area contributed by atoms with E-state index in [1.165, 1.54) is 32.1 Å². The molecule has 18 heavy (non-hydrogen) atoms. The van der Waals surface area contributed by atoms with E-state index in [-0.39, 0.29) is 5.54 Å². The number of aromatic nitrogens is 2. The van der Waals surface area contributed by atoms with Gasteiger partial charge in [0.2, 0.25) is 5.95 Å². The molecule has 2 aromatic rings. The minimum absolute atomic E-state index is 0.123. The van der Waals surface area contributed by atoms with E-state index in [0.29, 0.717) is 5.95 Å². The van der Waals surface area contributed by atoms with Crippen LogP contribution in [-0.2, 0) is 5.54 Å². The standard InChI is InChI=1S/C14H18BrN3/c1-14(7-3-2-4-8-14)18-12-9-10(15)5-6-11(12)17-13(18)16/h5-6,9H,2-4,7-8H2,1H3,(H2,16,17). The first-order chi connectivity index (χ1) is 8.60. The Morgan fingerprint density at radius 1 is 1.28 bits per heavy atom. The van der Waals surface area contributed by atoms with Crippen molar-refractivity contribution in [2.75, 3.05) is 5.73 Å². The SMILES string of the molecule is CC1(n2c(N)nc3ccc(Br)cc32)CCCCC1. The Morgan fingerprint density at radius 2 is 2.00 bits per heavy atom. The molecule has 4 heteroatoms. The zero-order valence-electron chi connectivity index (χ0n) is 10.6. The van der Waals surface area contributed by atoms with Crippen molar-refractivity contribution < 1.29 is 0 Å². The average Bonchev–Trinajstić information content (AvgIpc) is 2.66. The van der Waals surface area contributed by atoms with Crippen LogP contribution in [0, 0.1) is 0 Å². The van der Waals surface area contributed by atoms with Crippen molar-refractivity contribution >= 4 is 32.9 Å². The lowest BCUT2D eigenvalue weighted by Gasteiger charge is -2.36. The van der Waals surface area contributed by atoms with E-state index in [2.05, 4.69) is 38.5 Å². The molecule has 1 aromatic carbocycles. The predicted molar refractivity (Wildman–Crippen MR) is 78.6 cm³/mol. The van der Waals surface area contributed by atoms with Crippen LogP contribution in [0.15, 0.2) is 22.7 Å². The van der Waals surface area contributed by atoms with Crippen LogP contribution in [0.4, 0.5) is 5.95 Å². The van der Waals surface area contributed by atoms with Gasteiger partial charge in [-0.3, -0.25) is 0 Å². The number of rotatable bonds is 1. The highest BCUT2D eigenvalue weighted by Gasteiger charge is 2.31. The van der Waals surface area contributed by atoms with E-state index in [9.17, 15) is 0 Å². The summed E-state index contributed by atoms with van der Waals surface area (Å²) in [5.41, 5.74) is 8.41. The highest BCUT2D eigenvalue weighted by atomic mass is 79.9. The van der Waals surface area contributed by atoms with E-state index in [0.717, 1.165) is 15.5 Å². The number of fused-ring (bicyclic) bond motifs is 1. The zero-order chi connectivity index (χ0) is 12.8. The zero-order valence-corrected chi connectivity index (χ0v) is 12.2. The Balaban J connectivity index is 2.20. The van der Waals surface area contributed by atoms with Gasteiger partial charge in [0.1, 0.15) is 0 Å². The number of nitrogens with zero attached hydrogens (tertiary/aromatic N) is 2. The number of benzene rings is 1. The van der Waals surface area contributed by atoms with Gasteiger partial charge in [0.05, 0.1) is 11.0 Å². The summed E-state index contributed by atoms with van der Waals surface area (Å²) in [4.78, 5) is 4.49. The molecular formula is C14H18BrN3. The Hall–Kier alpha value is -1.03. The summed E-state index contributed by atoms with van der Waals surface area (Å²) in [6.07, 6.45) is 6.28. The lowest BCUT2D eigenvalue weighted by Crippen LogP contribution is -2.33. The summed E-state index contributed by atoms with van der Waals surface area (Å²) < 4.78 is 3.32. The summed E-state index contributed by atoms with van der Waals surface area (Å²) in [6, 6.07) is 6.17. The molecule has 0 atom stereocenters. The smallest absolute Gasteiger partial charge is 0.201 e. The lowest BCUT2D eigenvalue weighted by atomic mass is 9.83. The number of imidazole rings is 1. The molecule has 0 amide bonds. The van der Waals surface area contributed by atoms with Gasteiger partial charge in [0, 0.05) is 10.0 Å². The van der Waals surface area contributed by atoms with E-state index in [1.807, 2.05) is 12.1 Å². The molecule has 96 valence electrons. The van der Waals surface area contributed by atoms with Gasteiger partial charge in [0.25, 0.3) is 0 Å². The van der Waals surface area contributed by atoms with Gasteiger partial charge in [-0.25, -0.2) is 4.98 Å². The number of halogens is 1. The molecule has 0 radical (unpaired) electrons. The number of hydrogen-bond acceptors (Lipinski definition) is 2. The molecule has 0 unspecified atom stereocenters. The van der Waals surface area contributed by atoms with Crippen molar-refractivity contribution in [1.29, 1.82) is 0 Å². The summed E-state index contributed by atoms with van der Waals surface area (Å²) in [5.74, 6) is 0.646. The number of nitrogens with two attached hydrogens (primary N) is 1. The van der Waals surface area contributed by atoms with Crippen LogP contribution in [0.2, 0.25) is 0 Å². The molecule has 3 nitrogen and oxygen atoms in total. The fraction of sp³-hybridized carbons (Fsp3) is 0.500. The summed E-state index contributed by atoms with van der Waals surface area (Å²) >= 11 is 3.54. The number of nitrogen functional groups attached to an aromatic ring is 1. The van der Waals surface area contributed by atoms with Crippen molar-refractivity contribution in [3.63, 3.8) is 0 Å². The normalized spacial score (nSPS) is 19.2. The molecule has 1 heterocycles. The highest BCUT2D eigenvalue weighted by Crippen LogP contribution is 2.39. The Kier molecular flexibility index (Phi) is 2.85. The molecule has 2 N–H and O–H groups in total. The first-order valence-corrected chi connectivity index (χ1v) is 7.33. The van der Waals surface area contributed by atoms with Gasteiger partial charge in [-0.1, -0.05) is 35.2 Å². The third kappa shape index (κ3) is 1.83. The molecule has 0 saturated heterocycles. The van der Waals surface area contributed by atoms with Crippen LogP contribution in [0.1, 0.15) is 39.0 Å². The van der Waals surface area contributed by atoms with Crippen LogP contribution in [0.25, 0.3) is 11.0 Å². The van der Waals surface area contributed by atoms with Gasteiger partial charge in [-0.2, -0.15) is 0 Å². The van der Waals surface area contributed by atoms with Crippen LogP contribution in [-0.4, -0.2) is 9.55 Å². The van der Waals surface area contributed by atoms with Gasteiger partial charge >= 0.3 is 0 Å². The molecule has 0 aliphatic heterocycles. The maximum Gasteiger partial charge on any atom is 0.201 e. The van der Waals surface area contributed by atoms with Gasteiger partial charge in [-0.05, 0) is 38.0 Å². The Bertz CT molecular complexity index is 582. The third-order valence-corrected chi connectivity index (χ3v) is 4.61. The summed E-state index contributed by atoms with van der Waals surface area (Å²) in [6.45, 7) is 2.31. The second kappa shape index (κ2) is 4.26. The molecule has 1 saturated carbocycles. The molecule has 1 aliphatic carbocycles. The third-order valence-electron chi connectivity index (χ3n) is 4.11. The van der Waals surface area contributed by atoms with Crippen LogP contribution in [0.5, 0.6) is 0 Å². The van der Waals surface area contributed by atoms with E-state index in [1.54, 1.807) is 0 Å². The van der Waals surface area contributed by atoms with Crippen molar-refractivity contribution in [2.45, 2.75) is 44.6 Å². The number of anilines is 1. The van der Waals surface area contributed by atoms with Crippen molar-refractivity contribution in [2.24, 2.45) is 0 Å². The first kappa shape index (κ1) is 12.0. The van der Waals surface area contributed by atoms with Crippen molar-refractivity contribution in [3.8, 4) is 0 Å². The number of hydrogen-bond donors (Lipinski definition) is 1. The highest BCUT2D eigenvalue weighted by molar-refractivity contribution is 9.10. The van der Waals surface area contributed by atoms with Gasteiger partial charge < -0.3 is 10.3 Å². The Morgan fingerprint density at radius 3 is 2.72 bits per heavy atom. The molecule has 1 aromatic heterocycles. The van der Waals surface area contributed by atoms with E-state index >= 15 is 0 Å². The van der Waals surface area contributed by atoms with Crippen LogP contribution < -0.4 is 5.73 Å². The monoisotopic (exact) mass is 307 g/mol. The first-order valence-electron chi connectivity index (χ1n) is 6.54. The second-order valence-electron chi connectivity index (χ2n) is 5.50. The topological polar surface area (TPSA) is 43.8 Å². The minimum Gasteiger partial charge on any atom is -0.369 e. The molecule has 1 fully saturated rings. The summed E-state index contributed by atoms with van der Waals surface area (Å²) in [5, 5.41) is 0. The maximum absolute atomic E-state index is 6.16. The van der Waals surface area contributed by atoms with Crippen molar-refractivity contribution in [1.82, 2.24) is 9.55 Å². The lowest BCUT2D eigenvalue weighted by molar-refractivity contribution is 0.228.